The van der Waals surface area contributed by atoms with E-state index < -0.39 is 0 Å². The van der Waals surface area contributed by atoms with Crippen molar-refractivity contribution >= 4 is 0 Å². The van der Waals surface area contributed by atoms with Crippen molar-refractivity contribution in [3.05, 3.63) is 35.4 Å². The maximum atomic E-state index is 5.46. The zero-order chi connectivity index (χ0) is 11.2. The summed E-state index contributed by atoms with van der Waals surface area (Å²) in [7, 11) is 0. The second-order valence-electron chi connectivity index (χ2n) is 4.44. The fourth-order valence-corrected chi connectivity index (χ4v) is 2.28. The first-order valence-electron chi connectivity index (χ1n) is 6.28. The van der Waals surface area contributed by atoms with Crippen LogP contribution >= 0.6 is 0 Å². The predicted molar refractivity (Wildman–Crippen MR) is 66.8 cm³/mol. The molecule has 0 fully saturated rings. The maximum absolute atomic E-state index is 5.46. The third kappa shape index (κ3) is 3.06. The third-order valence-corrected chi connectivity index (χ3v) is 3.08. The molecule has 0 heterocycles. The van der Waals surface area contributed by atoms with Gasteiger partial charge in [0.15, 0.2) is 0 Å². The molecule has 0 unspecified atom stereocenters. The standard InChI is InChI=1S/C14H21NO/c1-2-8-16-9-7-15-14-10-12-5-3-4-6-13(12)11-14/h3-6,14-15H,2,7-11H2,1H3. The summed E-state index contributed by atoms with van der Waals surface area (Å²) in [6.45, 7) is 4.83. The molecule has 88 valence electrons. The van der Waals surface area contributed by atoms with Crippen molar-refractivity contribution in [2.24, 2.45) is 0 Å². The molecule has 0 atom stereocenters. The van der Waals surface area contributed by atoms with Crippen LogP contribution in [0.25, 0.3) is 0 Å². The molecule has 0 amide bonds. The highest BCUT2D eigenvalue weighted by molar-refractivity contribution is 5.33. The Morgan fingerprint density at radius 1 is 1.19 bits per heavy atom. The second-order valence-corrected chi connectivity index (χ2v) is 4.44. The van der Waals surface area contributed by atoms with Crippen LogP contribution in [-0.2, 0) is 17.6 Å². The van der Waals surface area contributed by atoms with Gasteiger partial charge >= 0.3 is 0 Å². The average molecular weight is 219 g/mol. The van der Waals surface area contributed by atoms with Gasteiger partial charge in [-0.3, -0.25) is 0 Å². The number of benzene rings is 1. The molecule has 1 N–H and O–H groups in total. The monoisotopic (exact) mass is 219 g/mol. The number of fused-ring (bicyclic) bond motifs is 1. The molecule has 1 aliphatic carbocycles. The fourth-order valence-electron chi connectivity index (χ4n) is 2.28. The highest BCUT2D eigenvalue weighted by atomic mass is 16.5. The SMILES string of the molecule is CCCOCCNC1Cc2ccccc2C1. The van der Waals surface area contributed by atoms with Gasteiger partial charge in [-0.25, -0.2) is 0 Å². The molecule has 2 heteroatoms. The van der Waals surface area contributed by atoms with Crippen LogP contribution in [0.1, 0.15) is 24.5 Å². The Balaban J connectivity index is 1.67. The van der Waals surface area contributed by atoms with Gasteiger partial charge in [-0.15, -0.1) is 0 Å². The Morgan fingerprint density at radius 2 is 1.88 bits per heavy atom. The van der Waals surface area contributed by atoms with E-state index in [4.69, 9.17) is 4.74 Å². The Hall–Kier alpha value is -0.860. The lowest BCUT2D eigenvalue weighted by Gasteiger charge is -2.11. The van der Waals surface area contributed by atoms with Crippen LogP contribution in [0.2, 0.25) is 0 Å². The van der Waals surface area contributed by atoms with Gasteiger partial charge in [0.05, 0.1) is 6.61 Å². The lowest BCUT2D eigenvalue weighted by Crippen LogP contribution is -2.32. The highest BCUT2D eigenvalue weighted by Gasteiger charge is 2.19. The topological polar surface area (TPSA) is 21.3 Å². The molecular formula is C14H21NO. The van der Waals surface area contributed by atoms with E-state index in [1.54, 1.807) is 0 Å². The largest absolute Gasteiger partial charge is 0.380 e. The predicted octanol–water partition coefficient (Wildman–Crippen LogP) is 2.17. The number of rotatable bonds is 6. The van der Waals surface area contributed by atoms with Crippen molar-refractivity contribution in [3.63, 3.8) is 0 Å². The van der Waals surface area contributed by atoms with E-state index in [1.165, 1.54) is 24.0 Å². The molecule has 0 saturated carbocycles. The van der Waals surface area contributed by atoms with E-state index in [0.29, 0.717) is 6.04 Å². The van der Waals surface area contributed by atoms with Gasteiger partial charge < -0.3 is 10.1 Å². The van der Waals surface area contributed by atoms with Crippen LogP contribution in [-0.4, -0.2) is 25.8 Å². The van der Waals surface area contributed by atoms with Crippen LogP contribution in [0.5, 0.6) is 0 Å². The molecule has 0 saturated heterocycles. The van der Waals surface area contributed by atoms with Crippen LogP contribution in [0, 0.1) is 0 Å². The zero-order valence-corrected chi connectivity index (χ0v) is 10.0. The van der Waals surface area contributed by atoms with Gasteiger partial charge in [0.2, 0.25) is 0 Å². The summed E-state index contributed by atoms with van der Waals surface area (Å²) in [5.41, 5.74) is 3.02. The Kier molecular flexibility index (Phi) is 4.37. The molecule has 2 rings (SSSR count). The molecule has 0 aliphatic heterocycles. The molecule has 2 nitrogen and oxygen atoms in total. The molecular weight excluding hydrogens is 198 g/mol. The lowest BCUT2D eigenvalue weighted by molar-refractivity contribution is 0.134. The van der Waals surface area contributed by atoms with E-state index in [-0.39, 0.29) is 0 Å². The smallest absolute Gasteiger partial charge is 0.0591 e. The molecule has 1 aromatic rings. The maximum Gasteiger partial charge on any atom is 0.0591 e. The van der Waals surface area contributed by atoms with Crippen molar-refractivity contribution in [2.75, 3.05) is 19.8 Å². The van der Waals surface area contributed by atoms with E-state index in [0.717, 1.165) is 26.2 Å². The summed E-state index contributed by atoms with van der Waals surface area (Å²) < 4.78 is 5.46. The summed E-state index contributed by atoms with van der Waals surface area (Å²) in [6, 6.07) is 9.36. The van der Waals surface area contributed by atoms with Gasteiger partial charge in [-0.1, -0.05) is 31.2 Å². The van der Waals surface area contributed by atoms with Crippen molar-refractivity contribution < 1.29 is 4.74 Å². The first kappa shape index (κ1) is 11.6. The van der Waals surface area contributed by atoms with Gasteiger partial charge in [0, 0.05) is 19.2 Å². The quantitative estimate of drug-likeness (QED) is 0.740. The van der Waals surface area contributed by atoms with Crippen LogP contribution in [0.4, 0.5) is 0 Å². The van der Waals surface area contributed by atoms with Crippen LogP contribution in [0.15, 0.2) is 24.3 Å². The van der Waals surface area contributed by atoms with Crippen molar-refractivity contribution in [1.82, 2.24) is 5.32 Å². The summed E-state index contributed by atoms with van der Waals surface area (Å²) in [4.78, 5) is 0. The molecule has 0 radical (unpaired) electrons. The molecule has 1 aromatic carbocycles. The molecule has 0 bridgehead atoms. The van der Waals surface area contributed by atoms with Crippen molar-refractivity contribution in [2.45, 2.75) is 32.2 Å². The van der Waals surface area contributed by atoms with Crippen LogP contribution in [0.3, 0.4) is 0 Å². The van der Waals surface area contributed by atoms with E-state index in [1.807, 2.05) is 0 Å². The number of ether oxygens (including phenoxy) is 1. The molecule has 16 heavy (non-hydrogen) atoms. The molecule has 1 aliphatic rings. The average Bonchev–Trinajstić information content (AvgIpc) is 2.71. The first-order valence-corrected chi connectivity index (χ1v) is 6.28. The first-order chi connectivity index (χ1) is 7.90. The number of nitrogens with one attached hydrogen (secondary N) is 1. The normalized spacial score (nSPS) is 15.3. The van der Waals surface area contributed by atoms with E-state index in [2.05, 4.69) is 36.5 Å². The Bertz CT molecular complexity index is 299. The second kappa shape index (κ2) is 6.02. The number of hydrogen-bond acceptors (Lipinski definition) is 2. The Labute approximate surface area is 98.0 Å². The van der Waals surface area contributed by atoms with Crippen LogP contribution < -0.4 is 5.32 Å². The van der Waals surface area contributed by atoms with Gasteiger partial charge in [0.25, 0.3) is 0 Å². The minimum atomic E-state index is 0.614. The number of hydrogen-bond donors (Lipinski definition) is 1. The van der Waals surface area contributed by atoms with Gasteiger partial charge in [-0.05, 0) is 30.4 Å². The Morgan fingerprint density at radius 3 is 2.50 bits per heavy atom. The van der Waals surface area contributed by atoms with E-state index in [9.17, 15) is 0 Å². The minimum absolute atomic E-state index is 0.614. The van der Waals surface area contributed by atoms with Crippen molar-refractivity contribution in [1.29, 1.82) is 0 Å². The molecule has 0 spiro atoms. The minimum Gasteiger partial charge on any atom is -0.380 e. The summed E-state index contributed by atoms with van der Waals surface area (Å²) >= 11 is 0. The lowest BCUT2D eigenvalue weighted by atomic mass is 10.1. The highest BCUT2D eigenvalue weighted by Crippen LogP contribution is 2.21. The zero-order valence-electron chi connectivity index (χ0n) is 10.0. The van der Waals surface area contributed by atoms with Gasteiger partial charge in [0.1, 0.15) is 0 Å². The third-order valence-electron chi connectivity index (χ3n) is 3.08. The van der Waals surface area contributed by atoms with Crippen molar-refractivity contribution in [3.8, 4) is 0 Å². The summed E-state index contributed by atoms with van der Waals surface area (Å²) in [6.07, 6.45) is 3.45. The molecule has 0 aromatic heterocycles. The summed E-state index contributed by atoms with van der Waals surface area (Å²) in [5, 5.41) is 3.56. The fraction of sp³-hybridized carbons (Fsp3) is 0.571. The van der Waals surface area contributed by atoms with E-state index >= 15 is 0 Å². The van der Waals surface area contributed by atoms with Gasteiger partial charge in [-0.2, -0.15) is 0 Å². The summed E-state index contributed by atoms with van der Waals surface area (Å²) in [5.74, 6) is 0.